The number of nitrogens with one attached hydrogen (secondary N) is 1. The van der Waals surface area contributed by atoms with Gasteiger partial charge in [0.05, 0.1) is 17.6 Å². The number of rotatable bonds is 5. The molecule has 0 saturated heterocycles. The summed E-state index contributed by atoms with van der Waals surface area (Å²) < 4.78 is 1.00. The smallest absolute Gasteiger partial charge is 0.244 e. The van der Waals surface area contributed by atoms with Gasteiger partial charge in [0.1, 0.15) is 5.75 Å². The molecule has 0 fully saturated rings. The monoisotopic (exact) mass is 444 g/mol. The number of aromatic hydroxyl groups is 1. The van der Waals surface area contributed by atoms with E-state index in [1.807, 2.05) is 66.7 Å². The van der Waals surface area contributed by atoms with E-state index in [4.69, 9.17) is 0 Å². The first-order chi connectivity index (χ1) is 14.2. The molecule has 29 heavy (non-hydrogen) atoms. The van der Waals surface area contributed by atoms with Gasteiger partial charge in [0.2, 0.25) is 5.95 Å². The molecule has 3 aromatic carbocycles. The summed E-state index contributed by atoms with van der Waals surface area (Å²) in [6.45, 7) is 0. The van der Waals surface area contributed by atoms with E-state index in [0.717, 1.165) is 27.0 Å². The van der Waals surface area contributed by atoms with Crippen molar-refractivity contribution < 1.29 is 5.11 Å². The maximum absolute atomic E-state index is 9.86. The van der Waals surface area contributed by atoms with E-state index in [2.05, 4.69) is 36.4 Å². The number of aromatic nitrogens is 2. The van der Waals surface area contributed by atoms with Crippen molar-refractivity contribution in [2.75, 3.05) is 5.43 Å². The first kappa shape index (κ1) is 18.8. The average molecular weight is 445 g/mol. The van der Waals surface area contributed by atoms with E-state index in [-0.39, 0.29) is 5.75 Å². The topological polar surface area (TPSA) is 70.4 Å². The summed E-state index contributed by atoms with van der Waals surface area (Å²) in [5.41, 5.74) is 7.02. The second kappa shape index (κ2) is 8.67. The summed E-state index contributed by atoms with van der Waals surface area (Å²) in [5.74, 6) is 0.531. The molecule has 5 nitrogen and oxygen atoms in total. The molecule has 0 aliphatic rings. The van der Waals surface area contributed by atoms with Gasteiger partial charge in [0, 0.05) is 21.2 Å². The number of nitrogens with zero attached hydrogens (tertiary/aromatic N) is 3. The number of halogens is 1. The minimum Gasteiger partial charge on any atom is -0.507 e. The summed E-state index contributed by atoms with van der Waals surface area (Å²) in [7, 11) is 0. The number of hydrogen-bond acceptors (Lipinski definition) is 5. The molecule has 0 unspecified atom stereocenters. The number of anilines is 1. The molecule has 1 aromatic heterocycles. The Morgan fingerprint density at radius 2 is 1.41 bits per heavy atom. The van der Waals surface area contributed by atoms with E-state index in [0.29, 0.717) is 11.5 Å². The molecule has 0 radical (unpaired) electrons. The molecular formula is C23H17BrN4O. The Morgan fingerprint density at radius 3 is 2.10 bits per heavy atom. The predicted octanol–water partition coefficient (Wildman–Crippen LogP) is 5.72. The molecular weight excluding hydrogens is 428 g/mol. The van der Waals surface area contributed by atoms with Gasteiger partial charge in [0.15, 0.2) is 0 Å². The van der Waals surface area contributed by atoms with Crippen molar-refractivity contribution in [1.29, 1.82) is 0 Å². The molecule has 0 amide bonds. The fraction of sp³-hybridized carbons (Fsp3) is 0. The highest BCUT2D eigenvalue weighted by atomic mass is 79.9. The summed E-state index contributed by atoms with van der Waals surface area (Å²) >= 11 is 3.46. The maximum atomic E-state index is 9.86. The number of hydrogen-bond donors (Lipinski definition) is 2. The Kier molecular flexibility index (Phi) is 5.63. The van der Waals surface area contributed by atoms with E-state index in [1.165, 1.54) is 6.21 Å². The van der Waals surface area contributed by atoms with Crippen LogP contribution >= 0.6 is 15.9 Å². The van der Waals surface area contributed by atoms with Crippen LogP contribution in [-0.4, -0.2) is 21.3 Å². The fourth-order valence-electron chi connectivity index (χ4n) is 2.78. The van der Waals surface area contributed by atoms with Gasteiger partial charge in [-0.1, -0.05) is 70.5 Å². The van der Waals surface area contributed by atoms with Crippen LogP contribution in [-0.2, 0) is 0 Å². The Bertz CT molecular complexity index is 1150. The SMILES string of the molecule is Oc1ccccc1/C=N\Nc1nc(-c2ccccc2)cc(-c2ccc(Br)cc2)n1. The van der Waals surface area contributed by atoms with Gasteiger partial charge < -0.3 is 5.11 Å². The largest absolute Gasteiger partial charge is 0.507 e. The molecule has 142 valence electrons. The second-order valence-electron chi connectivity index (χ2n) is 6.26. The van der Waals surface area contributed by atoms with Crippen molar-refractivity contribution in [2.45, 2.75) is 0 Å². The van der Waals surface area contributed by atoms with Crippen molar-refractivity contribution in [3.05, 3.63) is 95.0 Å². The van der Waals surface area contributed by atoms with Crippen molar-refractivity contribution >= 4 is 28.1 Å². The van der Waals surface area contributed by atoms with E-state index < -0.39 is 0 Å². The summed E-state index contributed by atoms with van der Waals surface area (Å²) in [6.07, 6.45) is 1.53. The number of para-hydroxylation sites is 1. The van der Waals surface area contributed by atoms with Gasteiger partial charge in [0.25, 0.3) is 0 Å². The normalized spacial score (nSPS) is 10.9. The van der Waals surface area contributed by atoms with Crippen molar-refractivity contribution in [3.8, 4) is 28.3 Å². The standard InChI is InChI=1S/C23H17BrN4O/c24-19-12-10-17(11-13-19)21-14-20(16-6-2-1-3-7-16)26-23(27-21)28-25-15-18-8-4-5-9-22(18)29/h1-15,29H,(H,26,27,28)/b25-15-. The summed E-state index contributed by atoms with van der Waals surface area (Å²) in [4.78, 5) is 9.19. The zero-order valence-electron chi connectivity index (χ0n) is 15.3. The number of phenols is 1. The van der Waals surface area contributed by atoms with Crippen LogP contribution in [0.4, 0.5) is 5.95 Å². The van der Waals surface area contributed by atoms with Crippen LogP contribution in [0.1, 0.15) is 5.56 Å². The summed E-state index contributed by atoms with van der Waals surface area (Å²) in [6, 6.07) is 26.8. The van der Waals surface area contributed by atoms with Gasteiger partial charge in [-0.2, -0.15) is 5.10 Å². The van der Waals surface area contributed by atoms with Crippen LogP contribution in [0.5, 0.6) is 5.75 Å². The predicted molar refractivity (Wildman–Crippen MR) is 120 cm³/mol. The molecule has 0 aliphatic heterocycles. The first-order valence-electron chi connectivity index (χ1n) is 8.96. The van der Waals surface area contributed by atoms with Crippen molar-refractivity contribution in [2.24, 2.45) is 5.10 Å². The van der Waals surface area contributed by atoms with Crippen LogP contribution < -0.4 is 5.43 Å². The van der Waals surface area contributed by atoms with Gasteiger partial charge in [-0.3, -0.25) is 0 Å². The molecule has 1 heterocycles. The lowest BCUT2D eigenvalue weighted by Gasteiger charge is -2.08. The lowest BCUT2D eigenvalue weighted by molar-refractivity contribution is 0.474. The highest BCUT2D eigenvalue weighted by Gasteiger charge is 2.08. The van der Waals surface area contributed by atoms with Crippen LogP contribution in [0.3, 0.4) is 0 Å². The highest BCUT2D eigenvalue weighted by Crippen LogP contribution is 2.26. The molecule has 0 saturated carbocycles. The molecule has 4 rings (SSSR count). The van der Waals surface area contributed by atoms with Gasteiger partial charge >= 0.3 is 0 Å². The van der Waals surface area contributed by atoms with E-state index >= 15 is 0 Å². The molecule has 0 bridgehead atoms. The van der Waals surface area contributed by atoms with E-state index in [9.17, 15) is 5.11 Å². The van der Waals surface area contributed by atoms with Crippen LogP contribution in [0.25, 0.3) is 22.5 Å². The molecule has 4 aromatic rings. The van der Waals surface area contributed by atoms with Crippen molar-refractivity contribution in [1.82, 2.24) is 9.97 Å². The fourth-order valence-corrected chi connectivity index (χ4v) is 3.04. The van der Waals surface area contributed by atoms with Gasteiger partial charge in [-0.25, -0.2) is 15.4 Å². The average Bonchev–Trinajstić information content (AvgIpc) is 2.76. The maximum Gasteiger partial charge on any atom is 0.244 e. The third-order valence-corrected chi connectivity index (χ3v) is 4.77. The zero-order chi connectivity index (χ0) is 20.1. The quantitative estimate of drug-likeness (QED) is 0.304. The minimum absolute atomic E-state index is 0.160. The van der Waals surface area contributed by atoms with Gasteiger partial charge in [-0.05, 0) is 30.3 Å². The third kappa shape index (κ3) is 4.67. The zero-order valence-corrected chi connectivity index (χ0v) is 16.9. The Labute approximate surface area is 176 Å². The molecule has 0 aliphatic carbocycles. The second-order valence-corrected chi connectivity index (χ2v) is 7.18. The molecule has 0 spiro atoms. The first-order valence-corrected chi connectivity index (χ1v) is 9.76. The van der Waals surface area contributed by atoms with E-state index in [1.54, 1.807) is 18.2 Å². The molecule has 0 atom stereocenters. The van der Waals surface area contributed by atoms with Crippen LogP contribution in [0, 0.1) is 0 Å². The Balaban J connectivity index is 1.69. The highest BCUT2D eigenvalue weighted by molar-refractivity contribution is 9.10. The van der Waals surface area contributed by atoms with Crippen molar-refractivity contribution in [3.63, 3.8) is 0 Å². The number of benzene rings is 3. The Hall–Kier alpha value is -3.51. The van der Waals surface area contributed by atoms with Crippen LogP contribution in [0.2, 0.25) is 0 Å². The summed E-state index contributed by atoms with van der Waals surface area (Å²) in [5, 5.41) is 14.1. The van der Waals surface area contributed by atoms with Crippen LogP contribution in [0.15, 0.2) is 94.5 Å². The number of hydrazone groups is 1. The number of phenolic OH excluding ortho intramolecular Hbond substituents is 1. The molecule has 6 heteroatoms. The molecule has 2 N–H and O–H groups in total. The lowest BCUT2D eigenvalue weighted by Crippen LogP contribution is -2.00. The Morgan fingerprint density at radius 1 is 0.793 bits per heavy atom. The minimum atomic E-state index is 0.160. The third-order valence-electron chi connectivity index (χ3n) is 4.24. The van der Waals surface area contributed by atoms with Gasteiger partial charge in [-0.15, -0.1) is 0 Å². The lowest BCUT2D eigenvalue weighted by atomic mass is 10.1.